The van der Waals surface area contributed by atoms with Gasteiger partial charge in [0.2, 0.25) is 5.95 Å². The van der Waals surface area contributed by atoms with Crippen molar-refractivity contribution >= 4 is 28.7 Å². The molecule has 3 aromatic rings. The molecule has 2 heterocycles. The molecule has 0 bridgehead atoms. The molecule has 0 unspecified atom stereocenters. The third-order valence-electron chi connectivity index (χ3n) is 3.28. The molecule has 0 aliphatic carbocycles. The number of nitrogen functional groups attached to an aromatic ring is 1. The van der Waals surface area contributed by atoms with E-state index in [1.54, 1.807) is 6.33 Å². The molecule has 5 nitrogen and oxygen atoms in total. The SMILES string of the molecule is Cc1ccc(C)c(Cn2cnc3c(Cl)nc(N)nc32)c1. The molecule has 6 heteroatoms. The van der Waals surface area contributed by atoms with Gasteiger partial charge in [0.25, 0.3) is 0 Å². The molecule has 3 rings (SSSR count). The number of nitrogens with zero attached hydrogens (tertiary/aromatic N) is 4. The van der Waals surface area contributed by atoms with E-state index in [1.165, 1.54) is 16.7 Å². The molecule has 0 saturated heterocycles. The van der Waals surface area contributed by atoms with Gasteiger partial charge in [0.15, 0.2) is 10.8 Å². The highest BCUT2D eigenvalue weighted by Crippen LogP contribution is 2.21. The second kappa shape index (κ2) is 4.76. The molecule has 0 radical (unpaired) electrons. The number of rotatable bonds is 2. The number of imidazole rings is 1. The topological polar surface area (TPSA) is 69.6 Å². The summed E-state index contributed by atoms with van der Waals surface area (Å²) in [6.07, 6.45) is 1.71. The first-order valence-electron chi connectivity index (χ1n) is 6.24. The van der Waals surface area contributed by atoms with Crippen LogP contribution >= 0.6 is 11.6 Å². The lowest BCUT2D eigenvalue weighted by atomic mass is 10.1. The molecule has 0 atom stereocenters. The number of aromatic nitrogens is 4. The van der Waals surface area contributed by atoms with Crippen molar-refractivity contribution in [3.05, 3.63) is 46.4 Å². The maximum absolute atomic E-state index is 6.03. The molecule has 2 N–H and O–H groups in total. The maximum atomic E-state index is 6.03. The Bertz CT molecular complexity index is 794. The quantitative estimate of drug-likeness (QED) is 0.736. The molecule has 0 fully saturated rings. The molecule has 102 valence electrons. The van der Waals surface area contributed by atoms with Crippen LogP contribution in [-0.4, -0.2) is 19.5 Å². The Morgan fingerprint density at radius 2 is 2.05 bits per heavy atom. The van der Waals surface area contributed by atoms with Crippen LogP contribution < -0.4 is 5.73 Å². The highest BCUT2D eigenvalue weighted by molar-refractivity contribution is 6.33. The van der Waals surface area contributed by atoms with E-state index in [0.29, 0.717) is 17.7 Å². The average Bonchev–Trinajstić information content (AvgIpc) is 2.77. The molecule has 20 heavy (non-hydrogen) atoms. The van der Waals surface area contributed by atoms with Crippen LogP contribution in [0.1, 0.15) is 16.7 Å². The van der Waals surface area contributed by atoms with Crippen molar-refractivity contribution in [2.45, 2.75) is 20.4 Å². The summed E-state index contributed by atoms with van der Waals surface area (Å²) in [5.41, 5.74) is 10.6. The van der Waals surface area contributed by atoms with Gasteiger partial charge in [0.1, 0.15) is 5.52 Å². The summed E-state index contributed by atoms with van der Waals surface area (Å²) in [4.78, 5) is 12.4. The Hall–Kier alpha value is -2.14. The molecule has 0 amide bonds. The first-order chi connectivity index (χ1) is 9.54. The van der Waals surface area contributed by atoms with E-state index < -0.39 is 0 Å². The standard InChI is InChI=1S/C14H14ClN5/c1-8-3-4-9(2)10(5-8)6-20-7-17-11-12(15)18-14(16)19-13(11)20/h3-5,7H,6H2,1-2H3,(H2,16,18,19). The smallest absolute Gasteiger partial charge is 0.223 e. The van der Waals surface area contributed by atoms with Gasteiger partial charge in [-0.3, -0.25) is 0 Å². The minimum atomic E-state index is 0.158. The fourth-order valence-electron chi connectivity index (χ4n) is 2.20. The number of hydrogen-bond acceptors (Lipinski definition) is 4. The van der Waals surface area contributed by atoms with Gasteiger partial charge < -0.3 is 10.3 Å². The zero-order valence-corrected chi connectivity index (χ0v) is 12.0. The highest BCUT2D eigenvalue weighted by Gasteiger charge is 2.11. The van der Waals surface area contributed by atoms with Crippen molar-refractivity contribution in [1.29, 1.82) is 0 Å². The van der Waals surface area contributed by atoms with Crippen LogP contribution in [0.3, 0.4) is 0 Å². The predicted molar refractivity (Wildman–Crippen MR) is 79.8 cm³/mol. The molecule has 0 saturated carbocycles. The molecule has 0 aliphatic heterocycles. The van der Waals surface area contributed by atoms with Gasteiger partial charge in [-0.15, -0.1) is 0 Å². The number of benzene rings is 1. The Balaban J connectivity index is 2.09. The van der Waals surface area contributed by atoms with Crippen LogP contribution in [0.25, 0.3) is 11.2 Å². The number of halogens is 1. The van der Waals surface area contributed by atoms with E-state index in [0.717, 1.165) is 0 Å². The fraction of sp³-hybridized carbons (Fsp3) is 0.214. The number of fused-ring (bicyclic) bond motifs is 1. The highest BCUT2D eigenvalue weighted by atomic mass is 35.5. The third kappa shape index (κ3) is 2.20. The predicted octanol–water partition coefficient (Wildman–Crippen LogP) is 2.73. The van der Waals surface area contributed by atoms with Crippen LogP contribution in [0, 0.1) is 13.8 Å². The molecule has 1 aromatic carbocycles. The Morgan fingerprint density at radius 1 is 1.25 bits per heavy atom. The average molecular weight is 288 g/mol. The summed E-state index contributed by atoms with van der Waals surface area (Å²) in [6.45, 7) is 4.84. The van der Waals surface area contributed by atoms with Crippen molar-refractivity contribution in [2.75, 3.05) is 5.73 Å². The lowest BCUT2D eigenvalue weighted by Crippen LogP contribution is -2.03. The van der Waals surface area contributed by atoms with Crippen molar-refractivity contribution in [3.63, 3.8) is 0 Å². The summed E-state index contributed by atoms with van der Waals surface area (Å²) < 4.78 is 1.93. The van der Waals surface area contributed by atoms with E-state index >= 15 is 0 Å². The molecule has 2 aromatic heterocycles. The number of hydrogen-bond donors (Lipinski definition) is 1. The van der Waals surface area contributed by atoms with Crippen molar-refractivity contribution in [1.82, 2.24) is 19.5 Å². The maximum Gasteiger partial charge on any atom is 0.223 e. The van der Waals surface area contributed by atoms with E-state index in [4.69, 9.17) is 17.3 Å². The van der Waals surface area contributed by atoms with E-state index in [9.17, 15) is 0 Å². The Labute approximate surface area is 121 Å². The Morgan fingerprint density at radius 3 is 2.85 bits per heavy atom. The van der Waals surface area contributed by atoms with Crippen LogP contribution in [0.5, 0.6) is 0 Å². The van der Waals surface area contributed by atoms with Crippen LogP contribution in [0.4, 0.5) is 5.95 Å². The van der Waals surface area contributed by atoms with Gasteiger partial charge in [-0.2, -0.15) is 9.97 Å². The van der Waals surface area contributed by atoms with Crippen molar-refractivity contribution < 1.29 is 0 Å². The molecule has 0 aliphatic rings. The molecule has 0 spiro atoms. The van der Waals surface area contributed by atoms with Crippen LogP contribution in [-0.2, 0) is 6.54 Å². The molecular formula is C14H14ClN5. The lowest BCUT2D eigenvalue weighted by molar-refractivity contribution is 0.807. The largest absolute Gasteiger partial charge is 0.368 e. The summed E-state index contributed by atoms with van der Waals surface area (Å²) in [5.74, 6) is 0.158. The van der Waals surface area contributed by atoms with Gasteiger partial charge in [0, 0.05) is 0 Å². The second-order valence-electron chi connectivity index (χ2n) is 4.85. The summed E-state index contributed by atoms with van der Waals surface area (Å²) >= 11 is 6.03. The Kier molecular flexibility index (Phi) is 3.06. The van der Waals surface area contributed by atoms with Crippen molar-refractivity contribution in [3.8, 4) is 0 Å². The normalized spacial score (nSPS) is 11.2. The number of anilines is 1. The van der Waals surface area contributed by atoms with Crippen molar-refractivity contribution in [2.24, 2.45) is 0 Å². The lowest BCUT2D eigenvalue weighted by Gasteiger charge is -2.08. The van der Waals surface area contributed by atoms with Gasteiger partial charge in [-0.1, -0.05) is 35.4 Å². The van der Waals surface area contributed by atoms with Crippen LogP contribution in [0.2, 0.25) is 5.15 Å². The zero-order valence-electron chi connectivity index (χ0n) is 11.3. The van der Waals surface area contributed by atoms with Gasteiger partial charge >= 0.3 is 0 Å². The summed E-state index contributed by atoms with van der Waals surface area (Å²) in [5, 5.41) is 0.284. The van der Waals surface area contributed by atoms with Crippen LogP contribution in [0.15, 0.2) is 24.5 Å². The van der Waals surface area contributed by atoms with Gasteiger partial charge in [-0.05, 0) is 25.0 Å². The summed E-state index contributed by atoms with van der Waals surface area (Å²) in [7, 11) is 0. The minimum Gasteiger partial charge on any atom is -0.368 e. The zero-order chi connectivity index (χ0) is 14.3. The van der Waals surface area contributed by atoms with Gasteiger partial charge in [-0.25, -0.2) is 4.98 Å². The van der Waals surface area contributed by atoms with E-state index in [1.807, 2.05) is 4.57 Å². The second-order valence-corrected chi connectivity index (χ2v) is 5.21. The van der Waals surface area contributed by atoms with E-state index in [-0.39, 0.29) is 11.1 Å². The third-order valence-corrected chi connectivity index (χ3v) is 3.55. The monoisotopic (exact) mass is 287 g/mol. The molecular weight excluding hydrogens is 274 g/mol. The first-order valence-corrected chi connectivity index (χ1v) is 6.62. The summed E-state index contributed by atoms with van der Waals surface area (Å²) in [6, 6.07) is 6.37. The van der Waals surface area contributed by atoms with Gasteiger partial charge in [0.05, 0.1) is 12.9 Å². The minimum absolute atomic E-state index is 0.158. The number of nitrogens with two attached hydrogens (primary N) is 1. The fourth-order valence-corrected chi connectivity index (χ4v) is 2.42. The first kappa shape index (κ1) is 12.9. The number of aryl methyl sites for hydroxylation is 2. The van der Waals surface area contributed by atoms with E-state index in [2.05, 4.69) is 47.0 Å².